The van der Waals surface area contributed by atoms with E-state index in [4.69, 9.17) is 9.90 Å². The molecule has 0 atom stereocenters. The zero-order valence-corrected chi connectivity index (χ0v) is 22.1. The summed E-state index contributed by atoms with van der Waals surface area (Å²) in [6.45, 7) is 2.81. The van der Waals surface area contributed by atoms with Gasteiger partial charge >= 0.3 is 18.1 Å². The van der Waals surface area contributed by atoms with Crippen LogP contribution < -0.4 is 9.62 Å². The van der Waals surface area contributed by atoms with Crippen LogP contribution in [-0.4, -0.2) is 50.3 Å². The molecule has 1 aliphatic rings. The monoisotopic (exact) mass is 558 g/mol. The summed E-state index contributed by atoms with van der Waals surface area (Å²) >= 11 is 0. The van der Waals surface area contributed by atoms with Crippen LogP contribution in [0.3, 0.4) is 0 Å². The fraction of sp³-hybridized carbons (Fsp3) is 0.462. The van der Waals surface area contributed by atoms with E-state index < -0.39 is 28.1 Å². The van der Waals surface area contributed by atoms with Crippen molar-refractivity contribution < 1.29 is 41.4 Å². The van der Waals surface area contributed by atoms with Crippen molar-refractivity contribution in [3.63, 3.8) is 0 Å². The Kier molecular flexibility index (Phi) is 11.0. The van der Waals surface area contributed by atoms with Gasteiger partial charge in [-0.1, -0.05) is 44.7 Å². The number of aromatic carboxylic acids is 1. The highest BCUT2D eigenvalue weighted by Gasteiger charge is 2.38. The van der Waals surface area contributed by atoms with E-state index in [9.17, 15) is 31.5 Å². The molecule has 210 valence electrons. The number of sulfonamides is 1. The number of anilines is 2. The average molecular weight is 559 g/mol. The van der Waals surface area contributed by atoms with E-state index in [0.29, 0.717) is 11.6 Å². The normalized spacial score (nSPS) is 14.2. The first kappa shape index (κ1) is 30.9. The number of rotatable bonds is 9. The van der Waals surface area contributed by atoms with E-state index in [0.717, 1.165) is 32.2 Å². The lowest BCUT2D eigenvalue weighted by atomic mass is 9.84. The second-order valence-corrected chi connectivity index (χ2v) is 10.8. The Hall–Kier alpha value is -3.28. The quantitative estimate of drug-likeness (QED) is 0.340. The second-order valence-electron chi connectivity index (χ2n) is 9.12. The van der Waals surface area contributed by atoms with E-state index in [1.165, 1.54) is 30.9 Å². The van der Waals surface area contributed by atoms with Gasteiger partial charge in [-0.3, -0.25) is 4.72 Å². The Balaban J connectivity index is 0.000000638. The van der Waals surface area contributed by atoms with Gasteiger partial charge < -0.3 is 15.1 Å². The van der Waals surface area contributed by atoms with Gasteiger partial charge in [-0.05, 0) is 61.1 Å². The highest BCUT2D eigenvalue weighted by molar-refractivity contribution is 7.92. The number of nitrogens with one attached hydrogen (secondary N) is 1. The molecule has 8 nitrogen and oxygen atoms in total. The lowest BCUT2D eigenvalue weighted by Crippen LogP contribution is -2.21. The maximum Gasteiger partial charge on any atom is 0.490 e. The molecule has 3 N–H and O–H groups in total. The number of unbranched alkanes of at least 4 members (excludes halogenated alkanes) is 1. The van der Waals surface area contributed by atoms with Gasteiger partial charge in [0, 0.05) is 19.3 Å². The summed E-state index contributed by atoms with van der Waals surface area (Å²) < 4.78 is 60.0. The first-order chi connectivity index (χ1) is 17.8. The molecule has 0 aromatic heterocycles. The van der Waals surface area contributed by atoms with Crippen molar-refractivity contribution in [3.8, 4) is 0 Å². The number of aliphatic carboxylic acids is 1. The Bertz CT molecular complexity index is 1190. The van der Waals surface area contributed by atoms with Gasteiger partial charge in [0.1, 0.15) is 0 Å². The molecular weight excluding hydrogens is 525 g/mol. The third kappa shape index (κ3) is 8.93. The van der Waals surface area contributed by atoms with Gasteiger partial charge in [-0.15, -0.1) is 0 Å². The summed E-state index contributed by atoms with van der Waals surface area (Å²) in [5.41, 5.74) is 2.07. The predicted octanol–water partition coefficient (Wildman–Crippen LogP) is 6.10. The van der Waals surface area contributed by atoms with Gasteiger partial charge in [-0.2, -0.15) is 13.2 Å². The number of carbonyl (C=O) groups is 2. The molecule has 2 aromatic carbocycles. The number of benzene rings is 2. The molecule has 0 bridgehead atoms. The van der Waals surface area contributed by atoms with Gasteiger partial charge in [0.2, 0.25) is 0 Å². The van der Waals surface area contributed by atoms with Crippen LogP contribution in [0.1, 0.15) is 73.7 Å². The highest BCUT2D eigenvalue weighted by atomic mass is 32.2. The molecule has 0 saturated heterocycles. The molecule has 0 radical (unpaired) electrons. The summed E-state index contributed by atoms with van der Waals surface area (Å²) in [4.78, 5) is 22.7. The van der Waals surface area contributed by atoms with Crippen molar-refractivity contribution in [2.75, 3.05) is 23.2 Å². The van der Waals surface area contributed by atoms with Crippen molar-refractivity contribution in [3.05, 3.63) is 53.6 Å². The Morgan fingerprint density at radius 2 is 1.61 bits per heavy atom. The molecular formula is C26H33F3N2O6S. The smallest absolute Gasteiger partial charge is 0.478 e. The molecule has 2 aromatic rings. The van der Waals surface area contributed by atoms with Crippen LogP contribution in [0, 0.1) is 0 Å². The maximum atomic E-state index is 12.9. The number of nitrogens with zero attached hydrogens (tertiary/aromatic N) is 1. The molecule has 0 amide bonds. The molecule has 38 heavy (non-hydrogen) atoms. The SMILES string of the molecule is CCCCN(C)c1ccc(NS(=O)(=O)c2ccc(C3CCCCC3)cc2)cc1C(=O)O.O=C(O)C(F)(F)F. The number of hydrogen-bond donors (Lipinski definition) is 3. The number of alkyl halides is 3. The summed E-state index contributed by atoms with van der Waals surface area (Å²) in [7, 11) is -1.96. The largest absolute Gasteiger partial charge is 0.490 e. The fourth-order valence-corrected chi connectivity index (χ4v) is 5.24. The summed E-state index contributed by atoms with van der Waals surface area (Å²) in [6, 6.07) is 11.7. The molecule has 1 fully saturated rings. The highest BCUT2D eigenvalue weighted by Crippen LogP contribution is 2.33. The molecule has 12 heteroatoms. The Morgan fingerprint density at radius 3 is 2.11 bits per heavy atom. The van der Waals surface area contributed by atoms with Crippen LogP contribution in [0.15, 0.2) is 47.4 Å². The number of carboxylic acid groups (broad SMARTS) is 2. The van der Waals surface area contributed by atoms with E-state index >= 15 is 0 Å². The minimum Gasteiger partial charge on any atom is -0.478 e. The maximum absolute atomic E-state index is 12.9. The van der Waals surface area contributed by atoms with Crippen LogP contribution in [0.5, 0.6) is 0 Å². The molecule has 1 saturated carbocycles. The van der Waals surface area contributed by atoms with Crippen molar-refractivity contribution in [2.24, 2.45) is 0 Å². The van der Waals surface area contributed by atoms with Gasteiger partial charge in [-0.25, -0.2) is 18.0 Å². The number of hydrogen-bond acceptors (Lipinski definition) is 5. The lowest BCUT2D eigenvalue weighted by Gasteiger charge is -2.22. The van der Waals surface area contributed by atoms with Crippen LogP contribution in [0.2, 0.25) is 0 Å². The minimum atomic E-state index is -5.08. The molecule has 0 heterocycles. The molecule has 0 unspecified atom stereocenters. The number of carboxylic acids is 2. The average Bonchev–Trinajstić information content (AvgIpc) is 2.87. The molecule has 0 spiro atoms. The number of halogens is 3. The second kappa shape index (κ2) is 13.5. The van der Waals surface area contributed by atoms with Gasteiger partial charge in [0.05, 0.1) is 16.1 Å². The zero-order valence-electron chi connectivity index (χ0n) is 21.3. The first-order valence-electron chi connectivity index (χ1n) is 12.3. The molecule has 3 rings (SSSR count). The molecule has 1 aliphatic carbocycles. The van der Waals surface area contributed by atoms with E-state index in [-0.39, 0.29) is 16.1 Å². The van der Waals surface area contributed by atoms with Crippen molar-refractivity contribution in [1.29, 1.82) is 0 Å². The summed E-state index contributed by atoms with van der Waals surface area (Å²) in [5.74, 6) is -3.34. The summed E-state index contributed by atoms with van der Waals surface area (Å²) in [5, 5.41) is 16.8. The summed E-state index contributed by atoms with van der Waals surface area (Å²) in [6.07, 6.45) is 2.90. The van der Waals surface area contributed by atoms with Crippen LogP contribution in [0.4, 0.5) is 24.5 Å². The van der Waals surface area contributed by atoms with Crippen molar-refractivity contribution in [1.82, 2.24) is 0 Å². The van der Waals surface area contributed by atoms with Crippen LogP contribution >= 0.6 is 0 Å². The van der Waals surface area contributed by atoms with E-state index in [1.54, 1.807) is 24.3 Å². The van der Waals surface area contributed by atoms with Crippen molar-refractivity contribution in [2.45, 2.75) is 68.9 Å². The van der Waals surface area contributed by atoms with Crippen molar-refractivity contribution >= 4 is 33.3 Å². The van der Waals surface area contributed by atoms with Crippen LogP contribution in [-0.2, 0) is 14.8 Å². The Labute approximate surface area is 220 Å². The zero-order chi connectivity index (χ0) is 28.5. The predicted molar refractivity (Wildman–Crippen MR) is 138 cm³/mol. The lowest BCUT2D eigenvalue weighted by molar-refractivity contribution is -0.192. The minimum absolute atomic E-state index is 0.0754. The standard InChI is InChI=1S/C24H32N2O4S.C2HF3O2/c1-3-4-16-26(2)23-15-12-20(17-22(23)24(27)28)25-31(29,30)21-13-10-19(11-14-21)18-8-6-5-7-9-18;3-2(4,5)1(6)7/h10-15,17-18,25H,3-9,16H2,1-2H3,(H,27,28);(H,6,7). The van der Waals surface area contributed by atoms with Crippen LogP contribution in [0.25, 0.3) is 0 Å². The van der Waals surface area contributed by atoms with E-state index in [2.05, 4.69) is 11.6 Å². The topological polar surface area (TPSA) is 124 Å². The Morgan fingerprint density at radius 1 is 1.03 bits per heavy atom. The van der Waals surface area contributed by atoms with Gasteiger partial charge in [0.15, 0.2) is 0 Å². The third-order valence-electron chi connectivity index (χ3n) is 6.25. The fourth-order valence-electron chi connectivity index (χ4n) is 4.19. The molecule has 0 aliphatic heterocycles. The van der Waals surface area contributed by atoms with Gasteiger partial charge in [0.25, 0.3) is 10.0 Å². The third-order valence-corrected chi connectivity index (χ3v) is 7.64. The first-order valence-corrected chi connectivity index (χ1v) is 13.8. The van der Waals surface area contributed by atoms with E-state index in [1.807, 2.05) is 24.1 Å².